The molecule has 0 aliphatic heterocycles. The van der Waals surface area contributed by atoms with E-state index in [1.807, 2.05) is 54.6 Å². The van der Waals surface area contributed by atoms with E-state index in [0.29, 0.717) is 5.95 Å². The fourth-order valence-corrected chi connectivity index (χ4v) is 2.30. The minimum Gasteiger partial charge on any atom is -0.329 e. The Morgan fingerprint density at radius 2 is 1.86 bits per heavy atom. The predicted octanol–water partition coefficient (Wildman–Crippen LogP) is 2.24. The molecular formula is C16H16N4O. The number of fused-ring (bicyclic) bond motifs is 1. The number of benzene rings is 2. The Bertz CT molecular complexity index is 718. The maximum Gasteiger partial charge on any atom is 0.235 e. The largest absolute Gasteiger partial charge is 0.329 e. The smallest absolute Gasteiger partial charge is 0.235 e. The zero-order valence-corrected chi connectivity index (χ0v) is 11.4. The molecule has 0 saturated heterocycles. The van der Waals surface area contributed by atoms with Gasteiger partial charge in [0.15, 0.2) is 0 Å². The molecule has 1 atom stereocenters. The number of aromatic nitrogens is 2. The number of aromatic amines is 1. The van der Waals surface area contributed by atoms with Crippen LogP contribution in [0.4, 0.5) is 5.95 Å². The van der Waals surface area contributed by atoms with Gasteiger partial charge in [0.2, 0.25) is 11.9 Å². The molecule has 5 nitrogen and oxygen atoms in total. The summed E-state index contributed by atoms with van der Waals surface area (Å²) in [5.41, 5.74) is 8.34. The van der Waals surface area contributed by atoms with Gasteiger partial charge in [0, 0.05) is 6.54 Å². The minimum atomic E-state index is -0.389. The van der Waals surface area contributed by atoms with Crippen molar-refractivity contribution in [3.8, 4) is 0 Å². The lowest BCUT2D eigenvalue weighted by atomic mass is 9.98. The van der Waals surface area contributed by atoms with Crippen molar-refractivity contribution in [1.82, 2.24) is 9.97 Å². The average Bonchev–Trinajstić information content (AvgIpc) is 2.91. The van der Waals surface area contributed by atoms with Crippen molar-refractivity contribution < 1.29 is 4.79 Å². The van der Waals surface area contributed by atoms with E-state index in [4.69, 9.17) is 5.73 Å². The number of para-hydroxylation sites is 2. The number of nitrogens with one attached hydrogen (secondary N) is 2. The molecule has 1 heterocycles. The summed E-state index contributed by atoms with van der Waals surface area (Å²) in [5.74, 6) is -0.113. The number of nitrogens with two attached hydrogens (primary N) is 1. The second-order valence-electron chi connectivity index (χ2n) is 4.79. The fraction of sp³-hybridized carbons (Fsp3) is 0.125. The van der Waals surface area contributed by atoms with Gasteiger partial charge in [0.05, 0.1) is 17.0 Å². The van der Waals surface area contributed by atoms with Crippen LogP contribution in [-0.4, -0.2) is 22.4 Å². The molecule has 3 aromatic rings. The molecule has 21 heavy (non-hydrogen) atoms. The fourth-order valence-electron chi connectivity index (χ4n) is 2.30. The van der Waals surface area contributed by atoms with Crippen molar-refractivity contribution in [1.29, 1.82) is 0 Å². The summed E-state index contributed by atoms with van der Waals surface area (Å²) in [6.07, 6.45) is 0. The van der Waals surface area contributed by atoms with E-state index in [-0.39, 0.29) is 18.4 Å². The van der Waals surface area contributed by atoms with E-state index in [1.54, 1.807) is 0 Å². The van der Waals surface area contributed by atoms with Crippen LogP contribution >= 0.6 is 0 Å². The number of hydrogen-bond acceptors (Lipinski definition) is 3. The second-order valence-corrected chi connectivity index (χ2v) is 4.79. The van der Waals surface area contributed by atoms with Crippen molar-refractivity contribution in [2.24, 2.45) is 5.73 Å². The van der Waals surface area contributed by atoms with Crippen molar-refractivity contribution >= 4 is 22.9 Å². The summed E-state index contributed by atoms with van der Waals surface area (Å²) < 4.78 is 0. The van der Waals surface area contributed by atoms with Gasteiger partial charge in [-0.15, -0.1) is 0 Å². The van der Waals surface area contributed by atoms with Crippen LogP contribution in [0, 0.1) is 0 Å². The monoisotopic (exact) mass is 280 g/mol. The molecule has 4 N–H and O–H groups in total. The summed E-state index contributed by atoms with van der Waals surface area (Å²) in [6, 6.07) is 17.1. The third-order valence-electron chi connectivity index (χ3n) is 3.39. The number of hydrogen-bond donors (Lipinski definition) is 3. The van der Waals surface area contributed by atoms with Crippen LogP contribution in [0.15, 0.2) is 54.6 Å². The molecule has 1 unspecified atom stereocenters. The molecule has 0 fully saturated rings. The van der Waals surface area contributed by atoms with Crippen LogP contribution < -0.4 is 11.1 Å². The number of H-pyrrole nitrogens is 1. The van der Waals surface area contributed by atoms with Crippen LogP contribution in [-0.2, 0) is 4.79 Å². The molecule has 106 valence electrons. The van der Waals surface area contributed by atoms with Crippen LogP contribution in [0.25, 0.3) is 11.0 Å². The van der Waals surface area contributed by atoms with Gasteiger partial charge in [-0.05, 0) is 17.7 Å². The predicted molar refractivity (Wildman–Crippen MR) is 83.0 cm³/mol. The maximum absolute atomic E-state index is 12.4. The molecule has 1 amide bonds. The first kappa shape index (κ1) is 13.3. The van der Waals surface area contributed by atoms with Crippen LogP contribution in [0.5, 0.6) is 0 Å². The van der Waals surface area contributed by atoms with E-state index in [1.165, 1.54) is 0 Å². The second kappa shape index (κ2) is 5.76. The van der Waals surface area contributed by atoms with Gasteiger partial charge in [0.25, 0.3) is 0 Å². The number of carbonyl (C=O) groups excluding carboxylic acids is 1. The average molecular weight is 280 g/mol. The van der Waals surface area contributed by atoms with E-state index < -0.39 is 0 Å². The molecule has 0 saturated carbocycles. The number of amides is 1. The van der Waals surface area contributed by atoms with Crippen LogP contribution in [0.3, 0.4) is 0 Å². The maximum atomic E-state index is 12.4. The first-order chi connectivity index (χ1) is 10.3. The van der Waals surface area contributed by atoms with Crippen molar-refractivity contribution in [3.05, 3.63) is 60.2 Å². The highest BCUT2D eigenvalue weighted by molar-refractivity contribution is 5.96. The molecule has 0 bridgehead atoms. The lowest BCUT2D eigenvalue weighted by Gasteiger charge is -2.13. The van der Waals surface area contributed by atoms with E-state index in [2.05, 4.69) is 15.3 Å². The Labute approximate surface area is 122 Å². The third kappa shape index (κ3) is 2.78. The highest BCUT2D eigenvalue weighted by atomic mass is 16.2. The molecular weight excluding hydrogens is 264 g/mol. The quantitative estimate of drug-likeness (QED) is 0.685. The molecule has 3 rings (SSSR count). The highest BCUT2D eigenvalue weighted by Crippen LogP contribution is 2.18. The van der Waals surface area contributed by atoms with Gasteiger partial charge in [-0.1, -0.05) is 42.5 Å². The summed E-state index contributed by atoms with van der Waals surface area (Å²) in [5, 5.41) is 2.80. The number of anilines is 1. The Hall–Kier alpha value is -2.66. The van der Waals surface area contributed by atoms with Gasteiger partial charge in [0.1, 0.15) is 0 Å². The highest BCUT2D eigenvalue weighted by Gasteiger charge is 2.19. The van der Waals surface area contributed by atoms with Gasteiger partial charge < -0.3 is 10.7 Å². The van der Waals surface area contributed by atoms with Crippen molar-refractivity contribution in [2.45, 2.75) is 5.92 Å². The van der Waals surface area contributed by atoms with Crippen molar-refractivity contribution in [3.63, 3.8) is 0 Å². The van der Waals surface area contributed by atoms with Crippen LogP contribution in [0.1, 0.15) is 11.5 Å². The van der Waals surface area contributed by atoms with Gasteiger partial charge in [-0.25, -0.2) is 4.98 Å². The zero-order chi connectivity index (χ0) is 14.7. The summed E-state index contributed by atoms with van der Waals surface area (Å²) >= 11 is 0. The molecule has 1 aromatic heterocycles. The Morgan fingerprint density at radius 3 is 2.57 bits per heavy atom. The Balaban J connectivity index is 1.81. The first-order valence-corrected chi connectivity index (χ1v) is 6.78. The van der Waals surface area contributed by atoms with Gasteiger partial charge in [-0.3, -0.25) is 10.1 Å². The standard InChI is InChI=1S/C16H16N4O/c17-10-12(11-6-2-1-3-7-11)15(21)20-16-18-13-8-4-5-9-14(13)19-16/h1-9,12H,10,17H2,(H2,18,19,20,21). The van der Waals surface area contributed by atoms with Gasteiger partial charge >= 0.3 is 0 Å². The van der Waals surface area contributed by atoms with Gasteiger partial charge in [-0.2, -0.15) is 0 Å². The number of carbonyl (C=O) groups is 1. The lowest BCUT2D eigenvalue weighted by Crippen LogP contribution is -2.27. The van der Waals surface area contributed by atoms with Crippen molar-refractivity contribution in [2.75, 3.05) is 11.9 Å². The molecule has 0 aliphatic rings. The number of imidazole rings is 1. The summed E-state index contributed by atoms with van der Waals surface area (Å²) in [6.45, 7) is 0.246. The lowest BCUT2D eigenvalue weighted by molar-refractivity contribution is -0.117. The zero-order valence-electron chi connectivity index (χ0n) is 11.4. The third-order valence-corrected chi connectivity index (χ3v) is 3.39. The molecule has 0 spiro atoms. The number of rotatable bonds is 4. The number of nitrogens with zero attached hydrogens (tertiary/aromatic N) is 1. The first-order valence-electron chi connectivity index (χ1n) is 6.78. The minimum absolute atomic E-state index is 0.164. The normalized spacial score (nSPS) is 12.2. The van der Waals surface area contributed by atoms with E-state index >= 15 is 0 Å². The summed E-state index contributed by atoms with van der Waals surface area (Å²) in [7, 11) is 0. The molecule has 2 aromatic carbocycles. The SMILES string of the molecule is NCC(C(=O)Nc1nc2ccccc2[nH]1)c1ccccc1. The molecule has 0 radical (unpaired) electrons. The Kier molecular flexibility index (Phi) is 3.66. The molecule has 0 aliphatic carbocycles. The van der Waals surface area contributed by atoms with E-state index in [0.717, 1.165) is 16.6 Å². The Morgan fingerprint density at radius 1 is 1.14 bits per heavy atom. The van der Waals surface area contributed by atoms with E-state index in [9.17, 15) is 4.79 Å². The molecule has 5 heteroatoms. The summed E-state index contributed by atoms with van der Waals surface area (Å²) in [4.78, 5) is 19.8. The topological polar surface area (TPSA) is 83.8 Å². The van der Waals surface area contributed by atoms with Crippen LogP contribution in [0.2, 0.25) is 0 Å².